The molecule has 3 nitrogen and oxygen atoms in total. The van der Waals surface area contributed by atoms with Crippen LogP contribution in [0.3, 0.4) is 0 Å². The third-order valence-electron chi connectivity index (χ3n) is 5.68. The van der Waals surface area contributed by atoms with Crippen molar-refractivity contribution in [3.63, 3.8) is 0 Å². The molecule has 152 valence electrons. The van der Waals surface area contributed by atoms with Crippen molar-refractivity contribution < 1.29 is 14.3 Å². The van der Waals surface area contributed by atoms with Crippen LogP contribution in [0.5, 0.6) is 11.5 Å². The van der Waals surface area contributed by atoms with Crippen LogP contribution < -0.4 is 9.47 Å². The lowest BCUT2D eigenvalue weighted by atomic mass is 9.68. The molecule has 0 aliphatic heterocycles. The number of ether oxygens (including phenoxy) is 2. The lowest BCUT2D eigenvalue weighted by molar-refractivity contribution is -0.113. The maximum Gasteiger partial charge on any atom is 0.185 e. The van der Waals surface area contributed by atoms with E-state index in [1.807, 2.05) is 60.7 Å². The highest BCUT2D eigenvalue weighted by molar-refractivity contribution is 6.14. The first-order valence-electron chi connectivity index (χ1n) is 10.1. The van der Waals surface area contributed by atoms with Gasteiger partial charge in [-0.15, -0.1) is 0 Å². The Bertz CT molecular complexity index is 875. The first kappa shape index (κ1) is 20.9. The number of rotatable bonds is 4. The average Bonchev–Trinajstić information content (AvgIpc) is 2.70. The molecule has 1 saturated carbocycles. The summed E-state index contributed by atoms with van der Waals surface area (Å²) in [7, 11) is 3.32. The highest BCUT2D eigenvalue weighted by atomic mass is 16.5. The van der Waals surface area contributed by atoms with Gasteiger partial charge in [0.2, 0.25) is 0 Å². The second-order valence-electron chi connectivity index (χ2n) is 8.62. The molecule has 3 heteroatoms. The summed E-state index contributed by atoms with van der Waals surface area (Å²) in [6.45, 7) is 6.73. The summed E-state index contributed by atoms with van der Waals surface area (Å²) in [5.41, 5.74) is 3.64. The maximum atomic E-state index is 13.4. The zero-order valence-corrected chi connectivity index (χ0v) is 18.0. The van der Waals surface area contributed by atoms with Gasteiger partial charge in [-0.2, -0.15) is 0 Å². The van der Waals surface area contributed by atoms with Crippen molar-refractivity contribution in [1.29, 1.82) is 0 Å². The van der Waals surface area contributed by atoms with Crippen molar-refractivity contribution >= 4 is 17.9 Å². The van der Waals surface area contributed by atoms with Crippen LogP contribution in [-0.2, 0) is 4.79 Å². The number of benzene rings is 2. The summed E-state index contributed by atoms with van der Waals surface area (Å²) in [6.07, 6.45) is 5.53. The molecule has 0 aromatic heterocycles. The molecule has 2 aromatic rings. The number of hydrogen-bond acceptors (Lipinski definition) is 3. The topological polar surface area (TPSA) is 35.5 Å². The number of para-hydroxylation sites is 2. The monoisotopic (exact) mass is 390 g/mol. The van der Waals surface area contributed by atoms with Gasteiger partial charge in [0, 0.05) is 22.3 Å². The van der Waals surface area contributed by atoms with E-state index in [-0.39, 0.29) is 11.2 Å². The first-order chi connectivity index (χ1) is 13.8. The highest BCUT2D eigenvalue weighted by Crippen LogP contribution is 2.42. The van der Waals surface area contributed by atoms with Gasteiger partial charge in [0.15, 0.2) is 5.78 Å². The molecule has 0 radical (unpaired) electrons. The molecule has 3 rings (SSSR count). The van der Waals surface area contributed by atoms with Gasteiger partial charge in [-0.05, 0) is 48.5 Å². The summed E-state index contributed by atoms with van der Waals surface area (Å²) in [5, 5.41) is 0. The number of allylic oxidation sites excluding steroid dienone is 2. The predicted molar refractivity (Wildman–Crippen MR) is 119 cm³/mol. The van der Waals surface area contributed by atoms with Gasteiger partial charge < -0.3 is 9.47 Å². The molecule has 1 aliphatic rings. The van der Waals surface area contributed by atoms with E-state index in [4.69, 9.17) is 9.47 Å². The van der Waals surface area contributed by atoms with E-state index in [0.717, 1.165) is 46.6 Å². The summed E-state index contributed by atoms with van der Waals surface area (Å²) >= 11 is 0. The second-order valence-corrected chi connectivity index (χ2v) is 8.62. The smallest absolute Gasteiger partial charge is 0.185 e. The van der Waals surface area contributed by atoms with Crippen LogP contribution >= 0.6 is 0 Å². The van der Waals surface area contributed by atoms with E-state index in [2.05, 4.69) is 20.8 Å². The van der Waals surface area contributed by atoms with Crippen LogP contribution in [0.1, 0.15) is 44.7 Å². The summed E-state index contributed by atoms with van der Waals surface area (Å²) in [4.78, 5) is 13.4. The molecule has 2 aromatic carbocycles. The zero-order chi connectivity index (χ0) is 21.0. The second kappa shape index (κ2) is 8.69. The summed E-state index contributed by atoms with van der Waals surface area (Å²) < 4.78 is 11.0. The van der Waals surface area contributed by atoms with Crippen LogP contribution in [0.4, 0.5) is 0 Å². The van der Waals surface area contributed by atoms with Crippen LogP contribution in [0.25, 0.3) is 12.2 Å². The van der Waals surface area contributed by atoms with Crippen LogP contribution in [0.15, 0.2) is 59.7 Å². The minimum absolute atomic E-state index is 0.0976. The third kappa shape index (κ3) is 4.79. The van der Waals surface area contributed by atoms with Gasteiger partial charge in [0.05, 0.1) is 14.2 Å². The number of carbonyl (C=O) groups excluding carboxylic acids is 1. The molecule has 0 bridgehead atoms. The summed E-state index contributed by atoms with van der Waals surface area (Å²) in [6, 6.07) is 15.6. The zero-order valence-electron chi connectivity index (χ0n) is 18.0. The Morgan fingerprint density at radius 3 is 1.59 bits per heavy atom. The quantitative estimate of drug-likeness (QED) is 0.583. The van der Waals surface area contributed by atoms with Gasteiger partial charge in [0.25, 0.3) is 0 Å². The Balaban J connectivity index is 2.07. The van der Waals surface area contributed by atoms with Crippen molar-refractivity contribution in [2.24, 2.45) is 11.3 Å². The molecule has 0 unspecified atom stereocenters. The van der Waals surface area contributed by atoms with Gasteiger partial charge in [0.1, 0.15) is 11.5 Å². The SMILES string of the molecule is COc1ccccc1/C=C1\CC(C(C)(C)C)C/C(=C\c2ccccc2OC)C1=O. The Morgan fingerprint density at radius 1 is 0.793 bits per heavy atom. The van der Waals surface area contributed by atoms with Gasteiger partial charge in [-0.25, -0.2) is 0 Å². The number of methoxy groups -OCH3 is 2. The normalized spacial score (nSPS) is 20.2. The Labute approximate surface area is 174 Å². The fourth-order valence-electron chi connectivity index (χ4n) is 3.80. The Morgan fingerprint density at radius 2 is 1.21 bits per heavy atom. The molecular formula is C26H30O3. The van der Waals surface area contributed by atoms with Crippen LogP contribution in [-0.4, -0.2) is 20.0 Å². The van der Waals surface area contributed by atoms with Crippen molar-refractivity contribution in [2.75, 3.05) is 14.2 Å². The van der Waals surface area contributed by atoms with Gasteiger partial charge in [-0.1, -0.05) is 57.2 Å². The molecule has 1 aliphatic carbocycles. The molecule has 0 saturated heterocycles. The molecule has 0 spiro atoms. The Hall–Kier alpha value is -2.81. The van der Waals surface area contributed by atoms with E-state index >= 15 is 0 Å². The third-order valence-corrected chi connectivity index (χ3v) is 5.68. The fourth-order valence-corrected chi connectivity index (χ4v) is 3.80. The van der Waals surface area contributed by atoms with E-state index in [0.29, 0.717) is 5.92 Å². The molecule has 0 N–H and O–H groups in total. The fraction of sp³-hybridized carbons (Fsp3) is 0.346. The van der Waals surface area contributed by atoms with E-state index in [9.17, 15) is 4.79 Å². The standard InChI is InChI=1S/C26H30O3/c1-26(2,3)22-16-20(14-18-10-6-8-12-23(18)28-4)25(27)21(17-22)15-19-11-7-9-13-24(19)29-5/h6-15,22H,16-17H2,1-5H3/b20-14+,21-15+. The van der Waals surface area contributed by atoms with E-state index in [1.54, 1.807) is 14.2 Å². The number of ketones is 1. The van der Waals surface area contributed by atoms with Crippen LogP contribution in [0.2, 0.25) is 0 Å². The largest absolute Gasteiger partial charge is 0.496 e. The number of carbonyl (C=O) groups is 1. The molecule has 29 heavy (non-hydrogen) atoms. The average molecular weight is 391 g/mol. The minimum atomic E-state index is 0.0976. The lowest BCUT2D eigenvalue weighted by Gasteiger charge is -2.35. The van der Waals surface area contributed by atoms with E-state index < -0.39 is 0 Å². The van der Waals surface area contributed by atoms with Gasteiger partial charge >= 0.3 is 0 Å². The molecule has 0 atom stereocenters. The Kier molecular flexibility index (Phi) is 6.26. The molecule has 0 amide bonds. The van der Waals surface area contributed by atoms with Crippen LogP contribution in [0, 0.1) is 11.3 Å². The van der Waals surface area contributed by atoms with E-state index in [1.165, 1.54) is 0 Å². The van der Waals surface area contributed by atoms with Crippen molar-refractivity contribution in [2.45, 2.75) is 33.6 Å². The molecule has 1 fully saturated rings. The minimum Gasteiger partial charge on any atom is -0.496 e. The first-order valence-corrected chi connectivity index (χ1v) is 10.1. The van der Waals surface area contributed by atoms with Gasteiger partial charge in [-0.3, -0.25) is 4.79 Å². The van der Waals surface area contributed by atoms with Crippen molar-refractivity contribution in [1.82, 2.24) is 0 Å². The lowest BCUT2D eigenvalue weighted by Crippen LogP contribution is -2.29. The maximum absolute atomic E-state index is 13.4. The van der Waals surface area contributed by atoms with Crippen molar-refractivity contribution in [3.8, 4) is 11.5 Å². The number of hydrogen-bond donors (Lipinski definition) is 0. The molecule has 0 heterocycles. The highest BCUT2D eigenvalue weighted by Gasteiger charge is 2.34. The number of Topliss-reactive ketones (excluding diaryl/α,β-unsaturated/α-hetero) is 1. The van der Waals surface area contributed by atoms with Crippen molar-refractivity contribution in [3.05, 3.63) is 70.8 Å². The predicted octanol–water partition coefficient (Wildman–Crippen LogP) is 6.20. The molecular weight excluding hydrogens is 360 g/mol. The summed E-state index contributed by atoms with van der Waals surface area (Å²) in [5.74, 6) is 2.05.